The SMILES string of the molecule is CNc1ccc2c(OC)c(Br)cc(Br)c2n1. The fourth-order valence-corrected chi connectivity index (χ4v) is 2.99. The summed E-state index contributed by atoms with van der Waals surface area (Å²) in [5, 5.41) is 3.99. The number of nitrogens with one attached hydrogen (secondary N) is 1. The average molecular weight is 346 g/mol. The van der Waals surface area contributed by atoms with E-state index in [0.29, 0.717) is 0 Å². The smallest absolute Gasteiger partial charge is 0.142 e. The van der Waals surface area contributed by atoms with E-state index in [-0.39, 0.29) is 0 Å². The summed E-state index contributed by atoms with van der Waals surface area (Å²) in [6.45, 7) is 0. The minimum absolute atomic E-state index is 0.799. The number of nitrogens with zero attached hydrogens (tertiary/aromatic N) is 1. The maximum absolute atomic E-state index is 5.36. The summed E-state index contributed by atoms with van der Waals surface area (Å²) < 4.78 is 7.21. The third kappa shape index (κ3) is 1.89. The highest BCUT2D eigenvalue weighted by atomic mass is 79.9. The zero-order valence-electron chi connectivity index (χ0n) is 8.84. The van der Waals surface area contributed by atoms with Crippen molar-refractivity contribution in [3.63, 3.8) is 0 Å². The third-order valence-electron chi connectivity index (χ3n) is 2.30. The van der Waals surface area contributed by atoms with E-state index in [1.807, 2.05) is 25.2 Å². The lowest BCUT2D eigenvalue weighted by Gasteiger charge is -2.10. The van der Waals surface area contributed by atoms with E-state index in [1.54, 1.807) is 7.11 Å². The van der Waals surface area contributed by atoms with Crippen molar-refractivity contribution >= 4 is 48.6 Å². The van der Waals surface area contributed by atoms with Crippen molar-refractivity contribution in [3.8, 4) is 5.75 Å². The van der Waals surface area contributed by atoms with E-state index in [1.165, 1.54) is 0 Å². The molecule has 0 saturated carbocycles. The second-order valence-corrected chi connectivity index (χ2v) is 4.92. The van der Waals surface area contributed by atoms with Gasteiger partial charge in [0.15, 0.2) is 0 Å². The van der Waals surface area contributed by atoms with E-state index in [2.05, 4.69) is 42.2 Å². The highest BCUT2D eigenvalue weighted by Crippen LogP contribution is 2.37. The van der Waals surface area contributed by atoms with Crippen LogP contribution in [0.15, 0.2) is 27.1 Å². The summed E-state index contributed by atoms with van der Waals surface area (Å²) in [6, 6.07) is 5.85. The van der Waals surface area contributed by atoms with Crippen molar-refractivity contribution in [3.05, 3.63) is 27.1 Å². The van der Waals surface area contributed by atoms with Crippen LogP contribution in [0.2, 0.25) is 0 Å². The van der Waals surface area contributed by atoms with Crippen molar-refractivity contribution in [2.24, 2.45) is 0 Å². The number of benzene rings is 1. The van der Waals surface area contributed by atoms with Gasteiger partial charge in [-0.1, -0.05) is 0 Å². The second kappa shape index (κ2) is 4.59. The van der Waals surface area contributed by atoms with Gasteiger partial charge in [-0.05, 0) is 50.1 Å². The Morgan fingerprint density at radius 3 is 2.62 bits per heavy atom. The molecule has 84 valence electrons. The Morgan fingerprint density at radius 1 is 1.25 bits per heavy atom. The van der Waals surface area contributed by atoms with Gasteiger partial charge < -0.3 is 10.1 Å². The third-order valence-corrected chi connectivity index (χ3v) is 3.49. The highest BCUT2D eigenvalue weighted by molar-refractivity contribution is 9.11. The molecule has 0 spiro atoms. The first kappa shape index (κ1) is 11.7. The zero-order valence-corrected chi connectivity index (χ0v) is 12.0. The Hall–Kier alpha value is -0.810. The molecule has 0 saturated heterocycles. The quantitative estimate of drug-likeness (QED) is 0.898. The topological polar surface area (TPSA) is 34.1 Å². The molecule has 0 atom stereocenters. The molecule has 0 unspecified atom stereocenters. The van der Waals surface area contributed by atoms with Crippen LogP contribution in [0, 0.1) is 0 Å². The van der Waals surface area contributed by atoms with E-state index < -0.39 is 0 Å². The summed E-state index contributed by atoms with van der Waals surface area (Å²) in [5.74, 6) is 1.63. The number of hydrogen-bond acceptors (Lipinski definition) is 3. The van der Waals surface area contributed by atoms with Gasteiger partial charge in [-0.15, -0.1) is 0 Å². The predicted molar refractivity (Wildman–Crippen MR) is 73.2 cm³/mol. The predicted octanol–water partition coefficient (Wildman–Crippen LogP) is 3.81. The summed E-state index contributed by atoms with van der Waals surface area (Å²) in [6.07, 6.45) is 0. The van der Waals surface area contributed by atoms with Crippen LogP contribution in [0.1, 0.15) is 0 Å². The van der Waals surface area contributed by atoms with Crippen molar-refractivity contribution in [1.29, 1.82) is 0 Å². The van der Waals surface area contributed by atoms with Crippen molar-refractivity contribution in [1.82, 2.24) is 4.98 Å². The molecule has 0 aliphatic heterocycles. The maximum atomic E-state index is 5.36. The van der Waals surface area contributed by atoms with E-state index >= 15 is 0 Å². The number of anilines is 1. The number of hydrogen-bond donors (Lipinski definition) is 1. The van der Waals surface area contributed by atoms with Gasteiger partial charge in [0.05, 0.1) is 17.1 Å². The van der Waals surface area contributed by atoms with Crippen LogP contribution in [-0.4, -0.2) is 19.1 Å². The van der Waals surface area contributed by atoms with Crippen LogP contribution in [0.5, 0.6) is 5.75 Å². The summed E-state index contributed by atoms with van der Waals surface area (Å²) in [5.41, 5.74) is 0.881. The van der Waals surface area contributed by atoms with Crippen LogP contribution in [-0.2, 0) is 0 Å². The van der Waals surface area contributed by atoms with Crippen LogP contribution in [0.3, 0.4) is 0 Å². The van der Waals surface area contributed by atoms with Gasteiger partial charge in [-0.2, -0.15) is 0 Å². The lowest BCUT2D eigenvalue weighted by molar-refractivity contribution is 0.417. The molecule has 3 nitrogen and oxygen atoms in total. The Kier molecular flexibility index (Phi) is 3.35. The number of pyridine rings is 1. The first-order valence-electron chi connectivity index (χ1n) is 4.68. The number of halogens is 2. The molecule has 1 heterocycles. The van der Waals surface area contributed by atoms with Crippen molar-refractivity contribution < 1.29 is 4.74 Å². The lowest BCUT2D eigenvalue weighted by atomic mass is 10.2. The van der Waals surface area contributed by atoms with Gasteiger partial charge in [0.1, 0.15) is 11.6 Å². The molecule has 16 heavy (non-hydrogen) atoms. The number of ether oxygens (including phenoxy) is 1. The Labute approximate surface area is 110 Å². The van der Waals surface area contributed by atoms with E-state index in [0.717, 1.165) is 31.4 Å². The van der Waals surface area contributed by atoms with Gasteiger partial charge in [-0.3, -0.25) is 0 Å². The van der Waals surface area contributed by atoms with Crippen molar-refractivity contribution in [2.75, 3.05) is 19.5 Å². The molecule has 1 N–H and O–H groups in total. The average Bonchev–Trinajstić information content (AvgIpc) is 2.29. The Balaban J connectivity index is 2.82. The molecular weight excluding hydrogens is 336 g/mol. The van der Waals surface area contributed by atoms with Gasteiger partial charge in [0, 0.05) is 16.9 Å². The van der Waals surface area contributed by atoms with Crippen LogP contribution in [0.25, 0.3) is 10.9 Å². The molecule has 0 radical (unpaired) electrons. The summed E-state index contributed by atoms with van der Waals surface area (Å²) >= 11 is 6.96. The number of methoxy groups -OCH3 is 1. The standard InChI is InChI=1S/C11H10Br2N2O/c1-14-9-4-3-6-10(15-9)7(12)5-8(13)11(6)16-2/h3-5H,1-2H3,(H,14,15). The molecule has 0 aliphatic carbocycles. The van der Waals surface area contributed by atoms with Gasteiger partial charge >= 0.3 is 0 Å². The highest BCUT2D eigenvalue weighted by Gasteiger charge is 2.11. The first-order valence-corrected chi connectivity index (χ1v) is 6.26. The second-order valence-electron chi connectivity index (χ2n) is 3.22. The summed E-state index contributed by atoms with van der Waals surface area (Å²) in [7, 11) is 3.50. The molecule has 0 fully saturated rings. The largest absolute Gasteiger partial charge is 0.495 e. The normalized spacial score (nSPS) is 10.5. The fraction of sp³-hybridized carbons (Fsp3) is 0.182. The molecule has 0 bridgehead atoms. The minimum Gasteiger partial charge on any atom is -0.495 e. The van der Waals surface area contributed by atoms with Crippen LogP contribution in [0.4, 0.5) is 5.82 Å². The first-order chi connectivity index (χ1) is 7.67. The molecule has 0 amide bonds. The van der Waals surface area contributed by atoms with Crippen molar-refractivity contribution in [2.45, 2.75) is 0 Å². The van der Waals surface area contributed by atoms with Crippen LogP contribution >= 0.6 is 31.9 Å². The molecule has 2 aromatic rings. The Morgan fingerprint density at radius 2 is 2.00 bits per heavy atom. The maximum Gasteiger partial charge on any atom is 0.142 e. The van der Waals surface area contributed by atoms with Gasteiger partial charge in [-0.25, -0.2) is 4.98 Å². The van der Waals surface area contributed by atoms with Gasteiger partial charge in [0.2, 0.25) is 0 Å². The molecule has 0 aliphatic rings. The minimum atomic E-state index is 0.799. The molecule has 2 rings (SSSR count). The zero-order chi connectivity index (χ0) is 11.7. The monoisotopic (exact) mass is 344 g/mol. The van der Waals surface area contributed by atoms with Crippen LogP contribution < -0.4 is 10.1 Å². The summed E-state index contributed by atoms with van der Waals surface area (Å²) in [4.78, 5) is 4.48. The van der Waals surface area contributed by atoms with Gasteiger partial charge in [0.25, 0.3) is 0 Å². The molecule has 5 heteroatoms. The van der Waals surface area contributed by atoms with E-state index in [9.17, 15) is 0 Å². The number of rotatable bonds is 2. The molecule has 1 aromatic carbocycles. The number of fused-ring (bicyclic) bond motifs is 1. The Bertz CT molecular complexity index is 543. The van der Waals surface area contributed by atoms with E-state index in [4.69, 9.17) is 4.74 Å². The lowest BCUT2D eigenvalue weighted by Crippen LogP contribution is -1.94. The fourth-order valence-electron chi connectivity index (χ4n) is 1.54. The molecule has 1 aromatic heterocycles. The molecular formula is C11H10Br2N2O. The number of aromatic nitrogens is 1.